The molecule has 0 amide bonds. The zero-order chi connectivity index (χ0) is 16.9. The molecule has 0 fully saturated rings. The normalized spacial score (nSPS) is 11.3. The number of hydrogen-bond acceptors (Lipinski definition) is 4. The Hall–Kier alpha value is -2.12. The molecule has 0 aliphatic heterocycles. The van der Waals surface area contributed by atoms with Gasteiger partial charge in [-0.05, 0) is 23.8 Å². The maximum Gasteiger partial charge on any atom is 0.216 e. The molecule has 2 rings (SSSR count). The Labute approximate surface area is 135 Å². The molecule has 0 saturated carbocycles. The van der Waals surface area contributed by atoms with E-state index in [1.54, 1.807) is 24.3 Å². The van der Waals surface area contributed by atoms with E-state index in [1.165, 1.54) is 32.4 Å². The van der Waals surface area contributed by atoms with Crippen LogP contribution in [0.5, 0.6) is 11.5 Å². The van der Waals surface area contributed by atoms with Crippen LogP contribution in [-0.2, 0) is 22.3 Å². The molecular weight excluding hydrogens is 321 g/mol. The highest BCUT2D eigenvalue weighted by molar-refractivity contribution is 7.88. The number of methoxy groups -OCH3 is 2. The number of halogens is 1. The lowest BCUT2D eigenvalue weighted by Crippen LogP contribution is -2.25. The summed E-state index contributed by atoms with van der Waals surface area (Å²) < 4.78 is 50.4. The molecule has 0 unspecified atom stereocenters. The summed E-state index contributed by atoms with van der Waals surface area (Å²) in [5.74, 6) is 0.125. The van der Waals surface area contributed by atoms with E-state index in [9.17, 15) is 12.8 Å². The van der Waals surface area contributed by atoms with Gasteiger partial charge in [0, 0.05) is 12.1 Å². The maximum absolute atomic E-state index is 13.5. The molecule has 7 heteroatoms. The van der Waals surface area contributed by atoms with E-state index in [2.05, 4.69) is 4.72 Å². The van der Waals surface area contributed by atoms with Gasteiger partial charge in [0.2, 0.25) is 10.0 Å². The second-order valence-electron chi connectivity index (χ2n) is 4.86. The van der Waals surface area contributed by atoms with Crippen molar-refractivity contribution in [2.45, 2.75) is 12.3 Å². The largest absolute Gasteiger partial charge is 0.493 e. The predicted molar refractivity (Wildman–Crippen MR) is 85.4 cm³/mol. The van der Waals surface area contributed by atoms with Crippen molar-refractivity contribution in [1.29, 1.82) is 0 Å². The molecule has 0 spiro atoms. The van der Waals surface area contributed by atoms with Crippen molar-refractivity contribution in [3.63, 3.8) is 0 Å². The van der Waals surface area contributed by atoms with Gasteiger partial charge in [0.1, 0.15) is 5.82 Å². The molecule has 1 N–H and O–H groups in total. The van der Waals surface area contributed by atoms with E-state index in [0.717, 1.165) is 0 Å². The van der Waals surface area contributed by atoms with Crippen LogP contribution in [0.1, 0.15) is 11.1 Å². The molecule has 2 aromatic carbocycles. The molecule has 0 aromatic heterocycles. The number of hydrogen-bond donors (Lipinski definition) is 1. The second kappa shape index (κ2) is 7.43. The Morgan fingerprint density at radius 1 is 1.04 bits per heavy atom. The quantitative estimate of drug-likeness (QED) is 0.842. The zero-order valence-corrected chi connectivity index (χ0v) is 13.7. The van der Waals surface area contributed by atoms with Gasteiger partial charge in [-0.15, -0.1) is 0 Å². The maximum atomic E-state index is 13.5. The van der Waals surface area contributed by atoms with Gasteiger partial charge in [0.15, 0.2) is 11.5 Å². The summed E-state index contributed by atoms with van der Waals surface area (Å²) >= 11 is 0. The van der Waals surface area contributed by atoms with Crippen LogP contribution in [0.3, 0.4) is 0 Å². The Bertz CT molecular complexity index is 777. The lowest BCUT2D eigenvalue weighted by molar-refractivity contribution is 0.354. The summed E-state index contributed by atoms with van der Waals surface area (Å²) in [4.78, 5) is 0. The standard InChI is InChI=1S/C16H18FNO4S/c1-21-15-8-7-12(9-16(15)22-2)10-18-23(19,20)11-13-5-3-4-6-14(13)17/h3-9,18H,10-11H2,1-2H3. The minimum Gasteiger partial charge on any atom is -0.493 e. The van der Waals surface area contributed by atoms with Crippen molar-refractivity contribution in [3.8, 4) is 11.5 Å². The van der Waals surface area contributed by atoms with Gasteiger partial charge >= 0.3 is 0 Å². The number of benzene rings is 2. The lowest BCUT2D eigenvalue weighted by Gasteiger charge is -2.11. The van der Waals surface area contributed by atoms with Crippen LogP contribution in [0.15, 0.2) is 42.5 Å². The number of sulfonamides is 1. The zero-order valence-electron chi connectivity index (χ0n) is 12.9. The summed E-state index contributed by atoms with van der Waals surface area (Å²) in [6, 6.07) is 10.9. The summed E-state index contributed by atoms with van der Waals surface area (Å²) in [5, 5.41) is 0. The fraction of sp³-hybridized carbons (Fsp3) is 0.250. The fourth-order valence-corrected chi connectivity index (χ4v) is 3.19. The van der Waals surface area contributed by atoms with Crippen LogP contribution in [0.2, 0.25) is 0 Å². The summed E-state index contributed by atoms with van der Waals surface area (Å²) in [7, 11) is -0.626. The Morgan fingerprint density at radius 2 is 1.74 bits per heavy atom. The topological polar surface area (TPSA) is 64.6 Å². The number of rotatable bonds is 7. The summed E-state index contributed by atoms with van der Waals surface area (Å²) in [5.41, 5.74) is 0.840. The first-order chi connectivity index (χ1) is 10.9. The SMILES string of the molecule is COc1ccc(CNS(=O)(=O)Cc2ccccc2F)cc1OC. The van der Waals surface area contributed by atoms with Crippen molar-refractivity contribution < 1.29 is 22.3 Å². The van der Waals surface area contributed by atoms with E-state index in [4.69, 9.17) is 9.47 Å². The third-order valence-electron chi connectivity index (χ3n) is 3.25. The van der Waals surface area contributed by atoms with Crippen molar-refractivity contribution in [2.75, 3.05) is 14.2 Å². The molecule has 0 aliphatic rings. The van der Waals surface area contributed by atoms with Crippen molar-refractivity contribution in [1.82, 2.24) is 4.72 Å². The van der Waals surface area contributed by atoms with Gasteiger partial charge < -0.3 is 9.47 Å². The first-order valence-corrected chi connectivity index (χ1v) is 8.52. The first-order valence-electron chi connectivity index (χ1n) is 6.87. The Kier molecular flexibility index (Phi) is 5.57. The summed E-state index contributed by atoms with van der Waals surface area (Å²) in [6.07, 6.45) is 0. The van der Waals surface area contributed by atoms with Gasteiger partial charge in [-0.2, -0.15) is 0 Å². The van der Waals surface area contributed by atoms with Gasteiger partial charge in [-0.3, -0.25) is 0 Å². The van der Waals surface area contributed by atoms with E-state index < -0.39 is 21.6 Å². The van der Waals surface area contributed by atoms with E-state index in [-0.39, 0.29) is 12.1 Å². The molecule has 0 atom stereocenters. The Morgan fingerprint density at radius 3 is 2.39 bits per heavy atom. The smallest absolute Gasteiger partial charge is 0.216 e. The van der Waals surface area contributed by atoms with Crippen LogP contribution in [0, 0.1) is 5.82 Å². The van der Waals surface area contributed by atoms with Gasteiger partial charge in [-0.1, -0.05) is 24.3 Å². The minimum absolute atomic E-state index is 0.0805. The first kappa shape index (κ1) is 17.2. The van der Waals surface area contributed by atoms with Gasteiger partial charge in [0.05, 0.1) is 20.0 Å². The molecule has 0 heterocycles. The molecule has 0 radical (unpaired) electrons. The fourth-order valence-electron chi connectivity index (χ4n) is 2.06. The second-order valence-corrected chi connectivity index (χ2v) is 6.67. The van der Waals surface area contributed by atoms with E-state index >= 15 is 0 Å². The molecule has 2 aromatic rings. The van der Waals surface area contributed by atoms with Gasteiger partial charge in [-0.25, -0.2) is 17.5 Å². The highest BCUT2D eigenvalue weighted by Gasteiger charge is 2.14. The number of nitrogens with one attached hydrogen (secondary N) is 1. The molecule has 5 nitrogen and oxygen atoms in total. The van der Waals surface area contributed by atoms with E-state index in [1.807, 2.05) is 0 Å². The van der Waals surface area contributed by atoms with Crippen molar-refractivity contribution in [3.05, 3.63) is 59.4 Å². The third-order valence-corrected chi connectivity index (χ3v) is 4.52. The molecule has 0 saturated heterocycles. The van der Waals surface area contributed by atoms with Crippen LogP contribution < -0.4 is 14.2 Å². The van der Waals surface area contributed by atoms with Crippen LogP contribution in [0.4, 0.5) is 4.39 Å². The predicted octanol–water partition coefficient (Wildman–Crippen LogP) is 2.46. The molecule has 23 heavy (non-hydrogen) atoms. The highest BCUT2D eigenvalue weighted by Crippen LogP contribution is 2.27. The van der Waals surface area contributed by atoms with Gasteiger partial charge in [0.25, 0.3) is 0 Å². The monoisotopic (exact) mass is 339 g/mol. The van der Waals surface area contributed by atoms with E-state index in [0.29, 0.717) is 17.1 Å². The summed E-state index contributed by atoms with van der Waals surface area (Å²) in [6.45, 7) is 0.0805. The molecule has 0 bridgehead atoms. The number of ether oxygens (including phenoxy) is 2. The molecule has 124 valence electrons. The Balaban J connectivity index is 2.06. The average molecular weight is 339 g/mol. The lowest BCUT2D eigenvalue weighted by atomic mass is 10.2. The highest BCUT2D eigenvalue weighted by atomic mass is 32.2. The third kappa shape index (κ3) is 4.67. The molecule has 0 aliphatic carbocycles. The molecular formula is C16H18FNO4S. The minimum atomic E-state index is -3.65. The van der Waals surface area contributed by atoms with Crippen LogP contribution in [-0.4, -0.2) is 22.6 Å². The van der Waals surface area contributed by atoms with Crippen LogP contribution >= 0.6 is 0 Å². The van der Waals surface area contributed by atoms with Crippen molar-refractivity contribution in [2.24, 2.45) is 0 Å². The average Bonchev–Trinajstić information content (AvgIpc) is 2.54. The van der Waals surface area contributed by atoms with Crippen molar-refractivity contribution >= 4 is 10.0 Å². The van der Waals surface area contributed by atoms with Crippen LogP contribution in [0.25, 0.3) is 0 Å².